The quantitative estimate of drug-likeness (QED) is 0.511. The Hall–Kier alpha value is -2.91. The van der Waals surface area contributed by atoms with Crippen LogP contribution in [-0.2, 0) is 29.0 Å². The van der Waals surface area contributed by atoms with Crippen LogP contribution in [0.15, 0.2) is 91.0 Å². The van der Waals surface area contributed by atoms with Gasteiger partial charge < -0.3 is 4.74 Å². The van der Waals surface area contributed by atoms with Gasteiger partial charge in [0.05, 0.1) is 6.04 Å². The van der Waals surface area contributed by atoms with E-state index in [9.17, 15) is 4.79 Å². The lowest BCUT2D eigenvalue weighted by atomic mass is 9.96. The van der Waals surface area contributed by atoms with Crippen molar-refractivity contribution in [1.29, 1.82) is 0 Å². The zero-order valence-electron chi connectivity index (χ0n) is 16.6. The summed E-state index contributed by atoms with van der Waals surface area (Å²) in [7, 11) is 0. The number of hydrogen-bond acceptors (Lipinski definition) is 3. The second-order valence-corrected chi connectivity index (χ2v) is 7.70. The monoisotopic (exact) mass is 385 g/mol. The molecule has 3 aromatic carbocycles. The first-order chi connectivity index (χ1) is 14.3. The SMILES string of the molecule is O=C1CC[C@@H]([C@@H](Cc2ccccc2)N(Cc2ccccc2)Cc2ccccc2)O1. The van der Waals surface area contributed by atoms with Crippen LogP contribution in [0.4, 0.5) is 0 Å². The van der Waals surface area contributed by atoms with Crippen LogP contribution in [0.2, 0.25) is 0 Å². The minimum atomic E-state index is -0.0765. The van der Waals surface area contributed by atoms with Crippen molar-refractivity contribution in [2.24, 2.45) is 0 Å². The van der Waals surface area contributed by atoms with Crippen LogP contribution in [0.25, 0.3) is 0 Å². The third kappa shape index (κ3) is 5.33. The first kappa shape index (κ1) is 19.4. The lowest BCUT2D eigenvalue weighted by molar-refractivity contribution is -0.144. The number of ether oxygens (including phenoxy) is 1. The first-order valence-electron chi connectivity index (χ1n) is 10.3. The molecule has 1 fully saturated rings. The van der Waals surface area contributed by atoms with E-state index in [-0.39, 0.29) is 18.1 Å². The molecule has 0 N–H and O–H groups in total. The summed E-state index contributed by atoms with van der Waals surface area (Å²) in [5.41, 5.74) is 3.81. The predicted molar refractivity (Wildman–Crippen MR) is 115 cm³/mol. The molecule has 0 unspecified atom stereocenters. The molecular weight excluding hydrogens is 358 g/mol. The molecule has 2 atom stereocenters. The molecule has 1 heterocycles. The summed E-state index contributed by atoms with van der Waals surface area (Å²) in [5.74, 6) is -0.0765. The van der Waals surface area contributed by atoms with E-state index >= 15 is 0 Å². The molecule has 0 amide bonds. The Labute approximate surface area is 172 Å². The third-order valence-corrected chi connectivity index (χ3v) is 5.56. The molecule has 3 heteroatoms. The zero-order valence-corrected chi connectivity index (χ0v) is 16.6. The summed E-state index contributed by atoms with van der Waals surface area (Å²) >= 11 is 0. The second kappa shape index (κ2) is 9.53. The second-order valence-electron chi connectivity index (χ2n) is 7.70. The standard InChI is InChI=1S/C26H27NO2/c28-26-17-16-25(29-26)24(18-21-10-4-1-5-11-21)27(19-22-12-6-2-7-13-22)20-23-14-8-3-9-15-23/h1-15,24-25H,16-20H2/t24-,25+/m1/s1. The summed E-state index contributed by atoms with van der Waals surface area (Å²) in [6.45, 7) is 1.64. The maximum Gasteiger partial charge on any atom is 0.306 e. The Morgan fingerprint density at radius 2 is 1.24 bits per heavy atom. The molecule has 3 nitrogen and oxygen atoms in total. The van der Waals surface area contributed by atoms with Gasteiger partial charge in [-0.15, -0.1) is 0 Å². The summed E-state index contributed by atoms with van der Waals surface area (Å²) in [4.78, 5) is 14.4. The summed E-state index contributed by atoms with van der Waals surface area (Å²) in [5, 5.41) is 0. The van der Waals surface area contributed by atoms with Gasteiger partial charge in [-0.3, -0.25) is 9.69 Å². The molecule has 0 aromatic heterocycles. The molecule has 4 rings (SSSR count). The molecular formula is C26H27NO2. The Balaban J connectivity index is 1.64. The van der Waals surface area contributed by atoms with Crippen molar-refractivity contribution in [3.05, 3.63) is 108 Å². The fourth-order valence-corrected chi connectivity index (χ4v) is 4.10. The molecule has 0 saturated carbocycles. The number of benzene rings is 3. The van der Waals surface area contributed by atoms with Gasteiger partial charge in [0.2, 0.25) is 0 Å². The Kier molecular flexibility index (Phi) is 6.38. The average Bonchev–Trinajstić information content (AvgIpc) is 3.20. The normalized spacial score (nSPS) is 17.3. The highest BCUT2D eigenvalue weighted by molar-refractivity contribution is 5.71. The van der Waals surface area contributed by atoms with E-state index in [1.165, 1.54) is 16.7 Å². The van der Waals surface area contributed by atoms with Gasteiger partial charge in [0.15, 0.2) is 0 Å². The number of nitrogens with zero attached hydrogens (tertiary/aromatic N) is 1. The Bertz CT molecular complexity index is 854. The lowest BCUT2D eigenvalue weighted by Crippen LogP contribution is -2.44. The molecule has 148 valence electrons. The summed E-state index contributed by atoms with van der Waals surface area (Å²) in [6.07, 6.45) is 2.09. The third-order valence-electron chi connectivity index (χ3n) is 5.56. The number of carbonyl (C=O) groups is 1. The van der Waals surface area contributed by atoms with Gasteiger partial charge in [0, 0.05) is 19.5 Å². The van der Waals surface area contributed by atoms with Gasteiger partial charge in [-0.25, -0.2) is 0 Å². The highest BCUT2D eigenvalue weighted by Crippen LogP contribution is 2.26. The van der Waals surface area contributed by atoms with E-state index < -0.39 is 0 Å². The fourth-order valence-electron chi connectivity index (χ4n) is 4.10. The Morgan fingerprint density at radius 1 is 0.759 bits per heavy atom. The topological polar surface area (TPSA) is 29.5 Å². The van der Waals surface area contributed by atoms with Crippen molar-refractivity contribution in [2.75, 3.05) is 0 Å². The summed E-state index contributed by atoms with van der Waals surface area (Å²) < 4.78 is 5.77. The molecule has 0 aliphatic carbocycles. The van der Waals surface area contributed by atoms with Gasteiger partial charge in [-0.05, 0) is 29.5 Å². The van der Waals surface area contributed by atoms with E-state index in [1.54, 1.807) is 0 Å². The molecule has 1 aliphatic rings. The van der Waals surface area contributed by atoms with Gasteiger partial charge in [-0.2, -0.15) is 0 Å². The number of esters is 1. The highest BCUT2D eigenvalue weighted by Gasteiger charge is 2.35. The van der Waals surface area contributed by atoms with Gasteiger partial charge in [0.1, 0.15) is 6.10 Å². The molecule has 1 aliphatic heterocycles. The first-order valence-corrected chi connectivity index (χ1v) is 10.3. The van der Waals surface area contributed by atoms with Crippen molar-refractivity contribution in [2.45, 2.75) is 44.5 Å². The molecule has 1 saturated heterocycles. The molecule has 3 aromatic rings. The average molecular weight is 386 g/mol. The van der Waals surface area contributed by atoms with Crippen LogP contribution in [0.3, 0.4) is 0 Å². The van der Waals surface area contributed by atoms with E-state index in [2.05, 4.69) is 77.7 Å². The van der Waals surface area contributed by atoms with E-state index in [1.807, 2.05) is 18.2 Å². The van der Waals surface area contributed by atoms with Crippen LogP contribution in [0, 0.1) is 0 Å². The van der Waals surface area contributed by atoms with Crippen LogP contribution in [0.5, 0.6) is 0 Å². The minimum Gasteiger partial charge on any atom is -0.461 e. The van der Waals surface area contributed by atoms with Crippen molar-refractivity contribution < 1.29 is 9.53 Å². The maximum atomic E-state index is 11.9. The molecule has 0 spiro atoms. The van der Waals surface area contributed by atoms with Crippen LogP contribution < -0.4 is 0 Å². The van der Waals surface area contributed by atoms with E-state index in [0.29, 0.717) is 6.42 Å². The maximum absolute atomic E-state index is 11.9. The van der Waals surface area contributed by atoms with Gasteiger partial charge >= 0.3 is 5.97 Å². The molecule has 0 bridgehead atoms. The largest absolute Gasteiger partial charge is 0.461 e. The fraction of sp³-hybridized carbons (Fsp3) is 0.269. The molecule has 29 heavy (non-hydrogen) atoms. The van der Waals surface area contributed by atoms with Gasteiger partial charge in [-0.1, -0.05) is 91.0 Å². The van der Waals surface area contributed by atoms with Crippen molar-refractivity contribution in [3.63, 3.8) is 0 Å². The van der Waals surface area contributed by atoms with Crippen molar-refractivity contribution in [3.8, 4) is 0 Å². The number of rotatable bonds is 8. The van der Waals surface area contributed by atoms with E-state index in [0.717, 1.165) is 25.9 Å². The van der Waals surface area contributed by atoms with Crippen LogP contribution in [-0.4, -0.2) is 23.0 Å². The van der Waals surface area contributed by atoms with Gasteiger partial charge in [0.25, 0.3) is 0 Å². The minimum absolute atomic E-state index is 0.0740. The number of carbonyl (C=O) groups excluding carboxylic acids is 1. The zero-order chi connectivity index (χ0) is 19.9. The van der Waals surface area contributed by atoms with E-state index in [4.69, 9.17) is 4.74 Å². The lowest BCUT2D eigenvalue weighted by Gasteiger charge is -2.35. The highest BCUT2D eigenvalue weighted by atomic mass is 16.6. The summed E-state index contributed by atoms with van der Waals surface area (Å²) in [6, 6.07) is 31.7. The Morgan fingerprint density at radius 3 is 1.69 bits per heavy atom. The predicted octanol–water partition coefficient (Wildman–Crippen LogP) is 5.01. The number of cyclic esters (lactones) is 1. The van der Waals surface area contributed by atoms with Crippen LogP contribution in [0.1, 0.15) is 29.5 Å². The molecule has 0 radical (unpaired) electrons. The number of hydrogen-bond donors (Lipinski definition) is 0. The van der Waals surface area contributed by atoms with Crippen molar-refractivity contribution >= 4 is 5.97 Å². The van der Waals surface area contributed by atoms with Crippen molar-refractivity contribution in [1.82, 2.24) is 4.90 Å². The van der Waals surface area contributed by atoms with Crippen LogP contribution >= 0.6 is 0 Å². The smallest absolute Gasteiger partial charge is 0.306 e.